The average molecular weight is 203 g/mol. The molecule has 6 heteroatoms. The Morgan fingerprint density at radius 1 is 1.38 bits per heavy atom. The van der Waals surface area contributed by atoms with E-state index in [1.807, 2.05) is 0 Å². The third-order valence-electron chi connectivity index (χ3n) is 1.45. The predicted molar refractivity (Wildman–Crippen MR) is 48.2 cm³/mol. The minimum absolute atomic E-state index is 0.340. The third kappa shape index (κ3) is 2.51. The summed E-state index contributed by atoms with van der Waals surface area (Å²) < 4.78 is 15.7. The topological polar surface area (TPSA) is 69.4 Å². The largest absolute Gasteiger partial charge is 0.314 e. The van der Waals surface area contributed by atoms with E-state index in [9.17, 15) is 14.3 Å². The lowest BCUT2D eigenvalue weighted by molar-refractivity contribution is -0.711. The molecule has 0 saturated carbocycles. The van der Waals surface area contributed by atoms with Gasteiger partial charge in [0.25, 0.3) is 0 Å². The summed E-state index contributed by atoms with van der Waals surface area (Å²) in [6.45, 7) is 0. The van der Waals surface area contributed by atoms with E-state index in [4.69, 9.17) is 0 Å². The fourth-order valence-corrected chi connectivity index (χ4v) is 1.94. The van der Waals surface area contributed by atoms with Crippen molar-refractivity contribution in [2.45, 2.75) is 4.90 Å². The van der Waals surface area contributed by atoms with E-state index in [-0.39, 0.29) is 0 Å². The first kappa shape index (κ1) is 9.66. The van der Waals surface area contributed by atoms with Gasteiger partial charge in [-0.3, -0.25) is 0 Å². The van der Waals surface area contributed by atoms with Crippen LogP contribution in [0.4, 0.5) is 0 Å². The summed E-state index contributed by atoms with van der Waals surface area (Å²) in [6, 6.07) is 8.09. The molecule has 0 amide bonds. The van der Waals surface area contributed by atoms with E-state index in [1.165, 1.54) is 18.4 Å². The van der Waals surface area contributed by atoms with Crippen molar-refractivity contribution in [1.29, 1.82) is 0 Å². The highest BCUT2D eigenvalue weighted by Crippen LogP contribution is 2.16. The summed E-state index contributed by atoms with van der Waals surface area (Å²) in [6.07, 6.45) is 1.21. The summed E-state index contributed by atoms with van der Waals surface area (Å²) in [7, 11) is -3.30. The number of thiol groups is 1. The van der Waals surface area contributed by atoms with Crippen molar-refractivity contribution in [1.82, 2.24) is 0 Å². The molecular formula is C7H9NO4S. The number of rotatable bonds is 3. The van der Waals surface area contributed by atoms with Crippen LogP contribution < -0.4 is 0 Å². The van der Waals surface area contributed by atoms with Crippen molar-refractivity contribution in [3.05, 3.63) is 40.4 Å². The zero-order chi connectivity index (χ0) is 9.90. The van der Waals surface area contributed by atoms with Crippen LogP contribution in [-0.2, 0) is 14.5 Å². The van der Waals surface area contributed by atoms with Crippen LogP contribution in [0.5, 0.6) is 0 Å². The van der Waals surface area contributed by atoms with Gasteiger partial charge in [0.2, 0.25) is 0 Å². The van der Waals surface area contributed by atoms with Crippen LogP contribution in [0.1, 0.15) is 0 Å². The Labute approximate surface area is 76.1 Å². The molecule has 0 heterocycles. The molecule has 0 N–H and O–H groups in total. The van der Waals surface area contributed by atoms with Crippen LogP contribution >= 0.6 is 0 Å². The Bertz CT molecular complexity index is 351. The normalized spacial score (nSPS) is 12.1. The molecular weight excluding hydrogens is 194 g/mol. The fourth-order valence-electron chi connectivity index (χ4n) is 0.873. The van der Waals surface area contributed by atoms with Gasteiger partial charge < -0.3 is 0 Å². The molecule has 13 heavy (non-hydrogen) atoms. The highest BCUT2D eigenvalue weighted by atomic mass is 32.3. The maximum atomic E-state index is 11.6. The van der Waals surface area contributed by atoms with Crippen molar-refractivity contribution in [2.75, 3.05) is 6.26 Å². The lowest BCUT2D eigenvalue weighted by Gasteiger charge is -2.20. The van der Waals surface area contributed by atoms with Crippen LogP contribution in [0.2, 0.25) is 0 Å². The maximum absolute atomic E-state index is 11.6. The Hall–Kier alpha value is -1.43. The summed E-state index contributed by atoms with van der Waals surface area (Å²) in [5.74, 6) is 0. The molecule has 0 bridgehead atoms. The van der Waals surface area contributed by atoms with Gasteiger partial charge in [-0.2, -0.15) is 0 Å². The minimum atomic E-state index is -3.30. The Kier molecular flexibility index (Phi) is 2.62. The van der Waals surface area contributed by atoms with Crippen LogP contribution in [0.25, 0.3) is 0 Å². The first-order valence-electron chi connectivity index (χ1n) is 3.49. The molecule has 1 rings (SSSR count). The summed E-state index contributed by atoms with van der Waals surface area (Å²) in [4.78, 5) is 10.3. The first-order chi connectivity index (χ1) is 6.02. The quantitative estimate of drug-likeness (QED) is 0.448. The van der Waals surface area contributed by atoms with Crippen molar-refractivity contribution in [3.8, 4) is 0 Å². The summed E-state index contributed by atoms with van der Waals surface area (Å²) >= 11 is 0. The molecule has 0 spiro atoms. The molecule has 0 saturated heterocycles. The molecule has 72 valence electrons. The second kappa shape index (κ2) is 3.53. The van der Waals surface area contributed by atoms with E-state index in [0.717, 1.165) is 0 Å². The van der Waals surface area contributed by atoms with Gasteiger partial charge in [-0.15, -0.1) is 20.3 Å². The molecule has 0 atom stereocenters. The molecule has 0 fully saturated rings. The van der Waals surface area contributed by atoms with Gasteiger partial charge in [0, 0.05) is 6.26 Å². The van der Waals surface area contributed by atoms with Crippen molar-refractivity contribution < 1.29 is 13.6 Å². The number of hydrogen-bond donors (Lipinski definition) is 1. The van der Waals surface area contributed by atoms with E-state index in [1.54, 1.807) is 18.2 Å². The van der Waals surface area contributed by atoms with Gasteiger partial charge >= 0.3 is 5.09 Å². The number of nitrogens with zero attached hydrogens (tertiary/aromatic N) is 1. The monoisotopic (exact) mass is 203 g/mol. The third-order valence-corrected chi connectivity index (χ3v) is 3.13. The highest BCUT2D eigenvalue weighted by molar-refractivity contribution is 7.97. The van der Waals surface area contributed by atoms with Gasteiger partial charge in [0.05, 0.1) is 4.90 Å². The van der Waals surface area contributed by atoms with Crippen molar-refractivity contribution in [2.24, 2.45) is 0 Å². The molecule has 5 nitrogen and oxygen atoms in total. The molecule has 0 radical (unpaired) electrons. The van der Waals surface area contributed by atoms with E-state index < -0.39 is 15.3 Å². The summed E-state index contributed by atoms with van der Waals surface area (Å²) in [5, 5.41) is 8.97. The highest BCUT2D eigenvalue weighted by Gasteiger charge is 2.10. The summed E-state index contributed by atoms with van der Waals surface area (Å²) in [5.41, 5.74) is 0. The van der Waals surface area contributed by atoms with Crippen LogP contribution in [-0.4, -0.2) is 15.6 Å². The molecule has 0 aliphatic rings. The lowest BCUT2D eigenvalue weighted by atomic mass is 10.4. The number of hydrogen-bond acceptors (Lipinski definition) is 4. The van der Waals surface area contributed by atoms with Crippen LogP contribution in [0, 0.1) is 10.1 Å². The van der Waals surface area contributed by atoms with Gasteiger partial charge in [-0.25, -0.2) is 8.49 Å². The maximum Gasteiger partial charge on any atom is 0.314 e. The fraction of sp³-hybridized carbons (Fsp3) is 0.143. The van der Waals surface area contributed by atoms with Crippen LogP contribution in [0.3, 0.4) is 0 Å². The van der Waals surface area contributed by atoms with Gasteiger partial charge in [0.15, 0.2) is 0 Å². The second-order valence-electron chi connectivity index (χ2n) is 2.49. The number of benzene rings is 1. The molecule has 0 aliphatic heterocycles. The van der Waals surface area contributed by atoms with Gasteiger partial charge in [-0.05, 0) is 12.1 Å². The average Bonchev–Trinajstić information content (AvgIpc) is 2.04. The minimum Gasteiger partial charge on any atom is -0.206 e. The molecule has 0 unspecified atom stereocenters. The molecule has 1 aromatic rings. The van der Waals surface area contributed by atoms with E-state index >= 15 is 0 Å². The molecule has 1 aromatic carbocycles. The van der Waals surface area contributed by atoms with Crippen molar-refractivity contribution in [3.63, 3.8) is 0 Å². The zero-order valence-corrected chi connectivity index (χ0v) is 7.81. The molecule has 0 aliphatic carbocycles. The SMILES string of the molecule is C[SH](=O)(O[N+](=O)[O-])c1ccccc1. The Morgan fingerprint density at radius 3 is 2.38 bits per heavy atom. The van der Waals surface area contributed by atoms with Crippen LogP contribution in [0.15, 0.2) is 35.2 Å². The molecule has 0 aromatic heterocycles. The van der Waals surface area contributed by atoms with E-state index in [0.29, 0.717) is 4.90 Å². The predicted octanol–water partition coefficient (Wildman–Crippen LogP) is 0.815. The standard InChI is InChI=1S/C7H9NO4S/c1-13(11,12-8(9)10)7-5-3-2-4-6-7/h2-6,13H,1H3. The Morgan fingerprint density at radius 2 is 1.92 bits per heavy atom. The smallest absolute Gasteiger partial charge is 0.206 e. The van der Waals surface area contributed by atoms with E-state index in [2.05, 4.69) is 4.28 Å². The van der Waals surface area contributed by atoms with Gasteiger partial charge in [-0.1, -0.05) is 18.2 Å². The Balaban J connectivity index is 2.95. The first-order valence-corrected chi connectivity index (χ1v) is 5.57. The van der Waals surface area contributed by atoms with Gasteiger partial charge in [0.1, 0.15) is 0 Å². The van der Waals surface area contributed by atoms with Crippen molar-refractivity contribution >= 4 is 10.2 Å². The lowest BCUT2D eigenvalue weighted by Crippen LogP contribution is -2.18. The second-order valence-corrected chi connectivity index (χ2v) is 4.86. The zero-order valence-electron chi connectivity index (χ0n) is 6.91.